The van der Waals surface area contributed by atoms with Crippen LogP contribution < -0.4 is 15.4 Å². The SMILES string of the molecule is CCNC(=O)NC(=O)C(C)N(C)CCOc1ccc(Br)cc1. The molecular formula is C15H22BrN3O3. The Morgan fingerprint density at radius 2 is 1.95 bits per heavy atom. The van der Waals surface area contributed by atoms with Crippen LogP contribution in [0, 0.1) is 0 Å². The monoisotopic (exact) mass is 371 g/mol. The average Bonchev–Trinajstić information content (AvgIpc) is 2.48. The maximum absolute atomic E-state index is 11.9. The van der Waals surface area contributed by atoms with Gasteiger partial charge in [0.25, 0.3) is 0 Å². The highest BCUT2D eigenvalue weighted by Crippen LogP contribution is 2.15. The van der Waals surface area contributed by atoms with E-state index < -0.39 is 12.1 Å². The van der Waals surface area contributed by atoms with Crippen molar-refractivity contribution in [3.05, 3.63) is 28.7 Å². The summed E-state index contributed by atoms with van der Waals surface area (Å²) < 4.78 is 6.60. The second kappa shape index (κ2) is 9.42. The predicted octanol–water partition coefficient (Wildman–Crippen LogP) is 1.99. The molecule has 0 saturated carbocycles. The van der Waals surface area contributed by atoms with Crippen molar-refractivity contribution in [2.45, 2.75) is 19.9 Å². The van der Waals surface area contributed by atoms with Gasteiger partial charge in [0.15, 0.2) is 0 Å². The van der Waals surface area contributed by atoms with E-state index >= 15 is 0 Å². The number of imide groups is 1. The Labute approximate surface area is 139 Å². The van der Waals surface area contributed by atoms with E-state index in [2.05, 4.69) is 26.6 Å². The number of rotatable bonds is 7. The van der Waals surface area contributed by atoms with Gasteiger partial charge in [-0.15, -0.1) is 0 Å². The van der Waals surface area contributed by atoms with Gasteiger partial charge in [0, 0.05) is 17.6 Å². The maximum atomic E-state index is 11.9. The van der Waals surface area contributed by atoms with Crippen LogP contribution >= 0.6 is 15.9 Å². The molecule has 0 heterocycles. The van der Waals surface area contributed by atoms with Gasteiger partial charge in [-0.1, -0.05) is 15.9 Å². The van der Waals surface area contributed by atoms with Crippen LogP contribution in [0.1, 0.15) is 13.8 Å². The molecule has 0 aliphatic rings. The van der Waals surface area contributed by atoms with Crippen molar-refractivity contribution in [2.75, 3.05) is 26.7 Å². The third-order valence-corrected chi connectivity index (χ3v) is 3.67. The summed E-state index contributed by atoms with van der Waals surface area (Å²) in [5.74, 6) is 0.438. The molecule has 3 amide bonds. The van der Waals surface area contributed by atoms with Crippen molar-refractivity contribution in [3.63, 3.8) is 0 Å². The molecule has 0 fully saturated rings. The maximum Gasteiger partial charge on any atom is 0.321 e. The summed E-state index contributed by atoms with van der Waals surface area (Å²) in [6.45, 7) is 5.04. The Morgan fingerprint density at radius 1 is 1.32 bits per heavy atom. The number of benzene rings is 1. The van der Waals surface area contributed by atoms with Crippen LogP contribution in [0.25, 0.3) is 0 Å². The summed E-state index contributed by atoms with van der Waals surface area (Å²) in [6.07, 6.45) is 0. The van der Waals surface area contributed by atoms with Crippen LogP contribution in [0.5, 0.6) is 5.75 Å². The first-order valence-corrected chi connectivity index (χ1v) is 7.90. The zero-order valence-corrected chi connectivity index (χ0v) is 14.6. The summed E-state index contributed by atoms with van der Waals surface area (Å²) in [5, 5.41) is 4.82. The summed E-state index contributed by atoms with van der Waals surface area (Å²) in [6, 6.07) is 6.66. The molecule has 2 N–H and O–H groups in total. The third kappa shape index (κ3) is 6.44. The lowest BCUT2D eigenvalue weighted by molar-refractivity contribution is -0.124. The normalized spacial score (nSPS) is 11.9. The molecule has 0 bridgehead atoms. The Kier molecular flexibility index (Phi) is 7.90. The number of ether oxygens (including phenoxy) is 1. The molecule has 1 aromatic rings. The van der Waals surface area contributed by atoms with Gasteiger partial charge in [0.05, 0.1) is 6.04 Å². The van der Waals surface area contributed by atoms with E-state index in [9.17, 15) is 9.59 Å². The average molecular weight is 372 g/mol. The second-order valence-corrected chi connectivity index (χ2v) is 5.72. The lowest BCUT2D eigenvalue weighted by Gasteiger charge is -2.23. The van der Waals surface area contributed by atoms with E-state index in [-0.39, 0.29) is 5.91 Å². The molecule has 6 nitrogen and oxygen atoms in total. The van der Waals surface area contributed by atoms with Crippen LogP contribution in [-0.4, -0.2) is 49.6 Å². The number of halogens is 1. The molecular weight excluding hydrogens is 350 g/mol. The zero-order valence-electron chi connectivity index (χ0n) is 13.1. The van der Waals surface area contributed by atoms with E-state index in [4.69, 9.17) is 4.74 Å². The van der Waals surface area contributed by atoms with Crippen molar-refractivity contribution in [1.29, 1.82) is 0 Å². The van der Waals surface area contributed by atoms with Crippen LogP contribution in [-0.2, 0) is 4.79 Å². The van der Waals surface area contributed by atoms with Gasteiger partial charge in [-0.3, -0.25) is 15.0 Å². The van der Waals surface area contributed by atoms with Crippen molar-refractivity contribution in [3.8, 4) is 5.75 Å². The number of nitrogens with zero attached hydrogens (tertiary/aromatic N) is 1. The first kappa shape index (κ1) is 18.4. The fraction of sp³-hybridized carbons (Fsp3) is 0.467. The summed E-state index contributed by atoms with van der Waals surface area (Å²) >= 11 is 3.36. The smallest absolute Gasteiger partial charge is 0.321 e. The van der Waals surface area contributed by atoms with Crippen LogP contribution in [0.15, 0.2) is 28.7 Å². The van der Waals surface area contributed by atoms with Crippen molar-refractivity contribution >= 4 is 27.9 Å². The first-order valence-electron chi connectivity index (χ1n) is 7.11. The lowest BCUT2D eigenvalue weighted by atomic mass is 10.3. The van der Waals surface area contributed by atoms with E-state index in [0.717, 1.165) is 10.2 Å². The molecule has 1 atom stereocenters. The molecule has 0 saturated heterocycles. The molecule has 1 rings (SSSR count). The minimum absolute atomic E-state index is 0.336. The van der Waals surface area contributed by atoms with Gasteiger partial charge < -0.3 is 10.1 Å². The second-order valence-electron chi connectivity index (χ2n) is 4.81. The van der Waals surface area contributed by atoms with Crippen LogP contribution in [0.4, 0.5) is 4.79 Å². The summed E-state index contributed by atoms with van der Waals surface area (Å²) in [4.78, 5) is 25.0. The van der Waals surface area contributed by atoms with E-state index in [0.29, 0.717) is 19.7 Å². The number of carbonyl (C=O) groups excluding carboxylic acids is 2. The number of urea groups is 1. The van der Waals surface area contributed by atoms with Crippen molar-refractivity contribution < 1.29 is 14.3 Å². The topological polar surface area (TPSA) is 70.7 Å². The summed E-state index contributed by atoms with van der Waals surface area (Å²) in [5.41, 5.74) is 0. The fourth-order valence-corrected chi connectivity index (χ4v) is 1.92. The van der Waals surface area contributed by atoms with Gasteiger partial charge in [-0.05, 0) is 45.2 Å². The molecule has 0 aromatic heterocycles. The highest BCUT2D eigenvalue weighted by Gasteiger charge is 2.19. The minimum Gasteiger partial charge on any atom is -0.492 e. The number of nitrogens with one attached hydrogen (secondary N) is 2. The Bertz CT molecular complexity index is 493. The van der Waals surface area contributed by atoms with Crippen LogP contribution in [0.2, 0.25) is 0 Å². The minimum atomic E-state index is -0.473. The fourth-order valence-electron chi connectivity index (χ4n) is 1.65. The number of hydrogen-bond donors (Lipinski definition) is 2. The highest BCUT2D eigenvalue weighted by atomic mass is 79.9. The van der Waals surface area contributed by atoms with Gasteiger partial charge in [-0.25, -0.2) is 4.79 Å². The van der Waals surface area contributed by atoms with E-state index in [1.165, 1.54) is 0 Å². The zero-order chi connectivity index (χ0) is 16.5. The van der Waals surface area contributed by atoms with E-state index in [1.807, 2.05) is 36.2 Å². The van der Waals surface area contributed by atoms with Gasteiger partial charge in [-0.2, -0.15) is 0 Å². The molecule has 122 valence electrons. The third-order valence-electron chi connectivity index (χ3n) is 3.14. The Morgan fingerprint density at radius 3 is 2.55 bits per heavy atom. The lowest BCUT2D eigenvalue weighted by Crippen LogP contribution is -2.49. The molecule has 1 aromatic carbocycles. The number of amides is 3. The van der Waals surface area contributed by atoms with Crippen molar-refractivity contribution in [1.82, 2.24) is 15.5 Å². The largest absolute Gasteiger partial charge is 0.492 e. The highest BCUT2D eigenvalue weighted by molar-refractivity contribution is 9.10. The molecule has 0 spiro atoms. The molecule has 0 radical (unpaired) electrons. The van der Waals surface area contributed by atoms with Crippen molar-refractivity contribution in [2.24, 2.45) is 0 Å². The van der Waals surface area contributed by atoms with Gasteiger partial charge in [0.1, 0.15) is 12.4 Å². The molecule has 0 aliphatic heterocycles. The standard InChI is InChI=1S/C15H22BrN3O3/c1-4-17-15(21)18-14(20)11(2)19(3)9-10-22-13-7-5-12(16)6-8-13/h5-8,11H,4,9-10H2,1-3H3,(H2,17,18,20,21). The van der Waals surface area contributed by atoms with Crippen LogP contribution in [0.3, 0.4) is 0 Å². The molecule has 7 heteroatoms. The quantitative estimate of drug-likeness (QED) is 0.768. The predicted molar refractivity (Wildman–Crippen MR) is 88.9 cm³/mol. The number of hydrogen-bond acceptors (Lipinski definition) is 4. The Hall–Kier alpha value is -1.60. The Balaban J connectivity index is 2.34. The molecule has 22 heavy (non-hydrogen) atoms. The number of carbonyl (C=O) groups is 2. The van der Waals surface area contributed by atoms with E-state index in [1.54, 1.807) is 13.8 Å². The first-order chi connectivity index (χ1) is 10.4. The summed E-state index contributed by atoms with van der Waals surface area (Å²) in [7, 11) is 1.81. The van der Waals surface area contributed by atoms with Gasteiger partial charge in [0.2, 0.25) is 5.91 Å². The number of likely N-dealkylation sites (N-methyl/N-ethyl adjacent to an activating group) is 1. The molecule has 1 unspecified atom stereocenters. The molecule has 0 aliphatic carbocycles. The van der Waals surface area contributed by atoms with Gasteiger partial charge >= 0.3 is 6.03 Å².